The number of amides is 1. The standard InChI is InChI=1S/C25H25N3O4/c1-16-11-18-3-2-4-19-23(18)28(16)14-20(24(19)29)25(30)27-9-7-26(8-10-27)13-17-5-6-21-22(12-17)32-15-31-21/h2-6,12,14,16H,7-11,13,15H2,1H3/t16-/m0/s1. The van der Waals surface area contributed by atoms with Crippen molar-refractivity contribution in [2.75, 3.05) is 33.0 Å². The van der Waals surface area contributed by atoms with Crippen molar-refractivity contribution >= 4 is 16.8 Å². The Kier molecular flexibility index (Phi) is 4.47. The molecule has 2 aromatic carbocycles. The quantitative estimate of drug-likeness (QED) is 0.638. The maximum Gasteiger partial charge on any atom is 0.259 e. The zero-order valence-corrected chi connectivity index (χ0v) is 18.0. The molecule has 32 heavy (non-hydrogen) atoms. The summed E-state index contributed by atoms with van der Waals surface area (Å²) in [5.41, 5.74) is 3.46. The van der Waals surface area contributed by atoms with E-state index in [9.17, 15) is 9.59 Å². The number of pyridine rings is 1. The molecule has 0 bridgehead atoms. The number of piperazine rings is 1. The van der Waals surface area contributed by atoms with Crippen molar-refractivity contribution in [1.29, 1.82) is 0 Å². The maximum absolute atomic E-state index is 13.3. The Bertz CT molecular complexity index is 1290. The lowest BCUT2D eigenvalue weighted by Gasteiger charge is -2.34. The van der Waals surface area contributed by atoms with Gasteiger partial charge >= 0.3 is 0 Å². The largest absolute Gasteiger partial charge is 0.454 e. The van der Waals surface area contributed by atoms with E-state index in [0.717, 1.165) is 48.6 Å². The van der Waals surface area contributed by atoms with Crippen LogP contribution in [0.2, 0.25) is 0 Å². The van der Waals surface area contributed by atoms with Gasteiger partial charge in [-0.3, -0.25) is 14.5 Å². The Morgan fingerprint density at radius 2 is 1.88 bits per heavy atom. The molecule has 7 heteroatoms. The van der Waals surface area contributed by atoms with Crippen LogP contribution in [0.4, 0.5) is 0 Å². The van der Waals surface area contributed by atoms with Crippen LogP contribution < -0.4 is 14.9 Å². The fourth-order valence-corrected chi connectivity index (χ4v) is 5.15. The van der Waals surface area contributed by atoms with Crippen LogP contribution in [0.3, 0.4) is 0 Å². The van der Waals surface area contributed by atoms with Crippen LogP contribution in [0.1, 0.15) is 34.5 Å². The van der Waals surface area contributed by atoms with Gasteiger partial charge in [-0.15, -0.1) is 0 Å². The number of carbonyl (C=O) groups is 1. The first-order valence-electron chi connectivity index (χ1n) is 11.2. The molecule has 1 aromatic heterocycles. The highest BCUT2D eigenvalue weighted by Crippen LogP contribution is 2.33. The lowest BCUT2D eigenvalue weighted by atomic mass is 10.1. The van der Waals surface area contributed by atoms with Gasteiger partial charge in [-0.05, 0) is 42.7 Å². The van der Waals surface area contributed by atoms with Crippen LogP contribution in [0.25, 0.3) is 10.9 Å². The molecule has 1 fully saturated rings. The highest BCUT2D eigenvalue weighted by Gasteiger charge is 2.28. The van der Waals surface area contributed by atoms with E-state index in [-0.39, 0.29) is 29.7 Å². The van der Waals surface area contributed by atoms with Crippen molar-refractivity contribution in [3.05, 3.63) is 69.5 Å². The van der Waals surface area contributed by atoms with E-state index < -0.39 is 0 Å². The van der Waals surface area contributed by atoms with Gasteiger partial charge in [0, 0.05) is 50.3 Å². The molecule has 3 aromatic rings. The molecule has 1 saturated heterocycles. The Morgan fingerprint density at radius 1 is 1.06 bits per heavy atom. The summed E-state index contributed by atoms with van der Waals surface area (Å²) in [6.07, 6.45) is 2.68. The molecular formula is C25H25N3O4. The van der Waals surface area contributed by atoms with Gasteiger partial charge in [0.15, 0.2) is 11.5 Å². The molecule has 164 valence electrons. The topological polar surface area (TPSA) is 64.0 Å². The van der Waals surface area contributed by atoms with Gasteiger partial charge in [0.25, 0.3) is 5.91 Å². The van der Waals surface area contributed by atoms with Crippen molar-refractivity contribution in [3.8, 4) is 11.5 Å². The smallest absolute Gasteiger partial charge is 0.259 e. The van der Waals surface area contributed by atoms with E-state index in [1.165, 1.54) is 5.56 Å². The van der Waals surface area contributed by atoms with Gasteiger partial charge in [-0.2, -0.15) is 0 Å². The summed E-state index contributed by atoms with van der Waals surface area (Å²) in [5.74, 6) is 1.42. The Hall–Kier alpha value is -3.32. The Labute approximate surface area is 185 Å². The Balaban J connectivity index is 1.18. The first-order valence-corrected chi connectivity index (χ1v) is 11.2. The molecule has 0 radical (unpaired) electrons. The molecule has 6 rings (SSSR count). The number of carbonyl (C=O) groups excluding carboxylic acids is 1. The second-order valence-electron chi connectivity index (χ2n) is 8.90. The van der Waals surface area contributed by atoms with Gasteiger partial charge in [0.2, 0.25) is 12.2 Å². The third-order valence-electron chi connectivity index (χ3n) is 6.86. The summed E-state index contributed by atoms with van der Waals surface area (Å²) in [5, 5.41) is 0.652. The summed E-state index contributed by atoms with van der Waals surface area (Å²) < 4.78 is 13.0. The number of fused-ring (bicyclic) bond motifs is 1. The molecule has 7 nitrogen and oxygen atoms in total. The zero-order chi connectivity index (χ0) is 21.8. The molecule has 4 heterocycles. The first kappa shape index (κ1) is 19.4. The number of hydrogen-bond acceptors (Lipinski definition) is 5. The summed E-state index contributed by atoms with van der Waals surface area (Å²) in [4.78, 5) is 30.6. The minimum Gasteiger partial charge on any atom is -0.454 e. The molecule has 3 aliphatic rings. The van der Waals surface area contributed by atoms with Crippen LogP contribution in [-0.4, -0.2) is 53.2 Å². The van der Waals surface area contributed by atoms with Crippen molar-refractivity contribution in [2.24, 2.45) is 0 Å². The number of ether oxygens (including phenoxy) is 2. The fraction of sp³-hybridized carbons (Fsp3) is 0.360. The molecule has 0 spiro atoms. The Morgan fingerprint density at radius 3 is 2.72 bits per heavy atom. The number of benzene rings is 2. The first-order chi connectivity index (χ1) is 15.6. The predicted molar refractivity (Wildman–Crippen MR) is 120 cm³/mol. The van der Waals surface area contributed by atoms with E-state index in [1.54, 1.807) is 6.20 Å². The van der Waals surface area contributed by atoms with Crippen molar-refractivity contribution < 1.29 is 14.3 Å². The number of rotatable bonds is 3. The van der Waals surface area contributed by atoms with Crippen molar-refractivity contribution in [1.82, 2.24) is 14.4 Å². The van der Waals surface area contributed by atoms with Crippen LogP contribution in [0, 0.1) is 0 Å². The molecule has 1 atom stereocenters. The zero-order valence-electron chi connectivity index (χ0n) is 18.0. The minimum absolute atomic E-state index is 0.153. The van der Waals surface area contributed by atoms with E-state index in [1.807, 2.05) is 29.2 Å². The monoisotopic (exact) mass is 431 g/mol. The molecular weight excluding hydrogens is 406 g/mol. The summed E-state index contributed by atoms with van der Waals surface area (Å²) >= 11 is 0. The van der Waals surface area contributed by atoms with Gasteiger partial charge in [0.05, 0.1) is 5.52 Å². The van der Waals surface area contributed by atoms with E-state index >= 15 is 0 Å². The van der Waals surface area contributed by atoms with Gasteiger partial charge in [-0.25, -0.2) is 0 Å². The molecule has 0 unspecified atom stereocenters. The van der Waals surface area contributed by atoms with Crippen LogP contribution in [0.5, 0.6) is 11.5 Å². The highest BCUT2D eigenvalue weighted by atomic mass is 16.7. The average Bonchev–Trinajstić information content (AvgIpc) is 3.40. The predicted octanol–water partition coefficient (Wildman–Crippen LogP) is 2.81. The van der Waals surface area contributed by atoms with Crippen LogP contribution >= 0.6 is 0 Å². The second kappa shape index (κ2) is 7.38. The van der Waals surface area contributed by atoms with E-state index in [4.69, 9.17) is 9.47 Å². The maximum atomic E-state index is 13.3. The SMILES string of the molecule is C[C@H]1Cc2cccc3c(=O)c(C(=O)N4CCN(Cc5ccc6c(c5)OCO6)CC4)cn1c23. The van der Waals surface area contributed by atoms with Crippen molar-refractivity contribution in [3.63, 3.8) is 0 Å². The minimum atomic E-state index is -0.159. The van der Waals surface area contributed by atoms with Crippen LogP contribution in [0.15, 0.2) is 47.4 Å². The summed E-state index contributed by atoms with van der Waals surface area (Å²) in [6.45, 7) is 5.95. The number of hydrogen-bond donors (Lipinski definition) is 0. The number of para-hydroxylation sites is 1. The average molecular weight is 431 g/mol. The number of aromatic nitrogens is 1. The summed E-state index contributed by atoms with van der Waals surface area (Å²) in [6, 6.07) is 12.1. The molecule has 3 aliphatic heterocycles. The molecule has 0 saturated carbocycles. The molecule has 0 N–H and O–H groups in total. The molecule has 0 aliphatic carbocycles. The third-order valence-corrected chi connectivity index (χ3v) is 6.86. The van der Waals surface area contributed by atoms with E-state index in [0.29, 0.717) is 18.5 Å². The second-order valence-corrected chi connectivity index (χ2v) is 8.90. The lowest BCUT2D eigenvalue weighted by molar-refractivity contribution is 0.0626. The normalized spacial score (nSPS) is 19.7. The van der Waals surface area contributed by atoms with Gasteiger partial charge < -0.3 is 18.9 Å². The third kappa shape index (κ3) is 3.07. The van der Waals surface area contributed by atoms with Crippen LogP contribution in [-0.2, 0) is 13.0 Å². The van der Waals surface area contributed by atoms with Gasteiger partial charge in [0.1, 0.15) is 5.56 Å². The fourth-order valence-electron chi connectivity index (χ4n) is 5.15. The molecule has 1 amide bonds. The highest BCUT2D eigenvalue weighted by molar-refractivity contribution is 5.98. The summed E-state index contributed by atoms with van der Waals surface area (Å²) in [7, 11) is 0. The number of nitrogens with zero attached hydrogens (tertiary/aromatic N) is 3. The lowest BCUT2D eigenvalue weighted by Crippen LogP contribution is -2.49. The van der Waals surface area contributed by atoms with Gasteiger partial charge in [-0.1, -0.05) is 18.2 Å². The van der Waals surface area contributed by atoms with Crippen molar-refractivity contribution in [2.45, 2.75) is 25.9 Å². The van der Waals surface area contributed by atoms with E-state index in [2.05, 4.69) is 28.5 Å².